The number of carbonyl (C=O) groups excluding carboxylic acids is 3. The Morgan fingerprint density at radius 2 is 1.40 bits per heavy atom. The van der Waals surface area contributed by atoms with E-state index in [1.54, 1.807) is 0 Å². The van der Waals surface area contributed by atoms with Crippen molar-refractivity contribution in [1.82, 2.24) is 16.0 Å². The van der Waals surface area contributed by atoms with Gasteiger partial charge in [-0.3, -0.25) is 19.4 Å². The van der Waals surface area contributed by atoms with Crippen molar-refractivity contribution in [1.29, 1.82) is 0 Å². The Bertz CT molecular complexity index is 714. The van der Waals surface area contributed by atoms with Gasteiger partial charge in [-0.15, -0.1) is 0 Å². The molecule has 0 saturated carbocycles. The summed E-state index contributed by atoms with van der Waals surface area (Å²) in [5, 5.41) is 26.1. The van der Waals surface area contributed by atoms with E-state index in [1.807, 2.05) is 13.8 Å². The number of amides is 3. The van der Waals surface area contributed by atoms with Gasteiger partial charge in [0.15, 0.2) is 5.96 Å². The highest BCUT2D eigenvalue weighted by Gasteiger charge is 2.30. The Morgan fingerprint density at radius 3 is 1.91 bits per heavy atom. The minimum atomic E-state index is -1.21. The molecule has 4 atom stereocenters. The molecule has 0 fully saturated rings. The number of hydrogen-bond donors (Lipinski definition) is 9. The van der Waals surface area contributed by atoms with Crippen LogP contribution in [0.15, 0.2) is 4.99 Å². The molecule has 14 nitrogen and oxygen atoms in total. The van der Waals surface area contributed by atoms with Crippen LogP contribution >= 0.6 is 0 Å². The molecule has 0 aliphatic carbocycles. The fraction of sp³-hybridized carbons (Fsp3) is 0.762. The highest BCUT2D eigenvalue weighted by atomic mass is 16.4. The first-order valence-electron chi connectivity index (χ1n) is 11.7. The van der Waals surface area contributed by atoms with Gasteiger partial charge in [-0.05, 0) is 51.0 Å². The summed E-state index contributed by atoms with van der Waals surface area (Å²) < 4.78 is 0. The lowest BCUT2D eigenvalue weighted by molar-refractivity contribution is -0.142. The molecule has 0 aromatic heterocycles. The van der Waals surface area contributed by atoms with Gasteiger partial charge in [0.1, 0.15) is 24.2 Å². The van der Waals surface area contributed by atoms with Crippen LogP contribution in [0.1, 0.15) is 52.4 Å². The molecule has 4 unspecified atom stereocenters. The van der Waals surface area contributed by atoms with E-state index in [0.29, 0.717) is 25.8 Å². The normalized spacial score (nSPS) is 14.3. The molecule has 0 saturated heterocycles. The first-order chi connectivity index (χ1) is 16.4. The van der Waals surface area contributed by atoms with Crippen molar-refractivity contribution in [3.8, 4) is 0 Å². The fourth-order valence-corrected chi connectivity index (χ4v) is 3.13. The highest BCUT2D eigenvalue weighted by molar-refractivity contribution is 5.94. The van der Waals surface area contributed by atoms with Crippen molar-refractivity contribution < 1.29 is 29.4 Å². The van der Waals surface area contributed by atoms with E-state index in [-0.39, 0.29) is 37.7 Å². The summed E-state index contributed by atoms with van der Waals surface area (Å²) in [6.07, 6.45) is 1.96. The first kappa shape index (κ1) is 32.0. The molecule has 3 amide bonds. The van der Waals surface area contributed by atoms with Crippen molar-refractivity contribution in [3.63, 3.8) is 0 Å². The highest BCUT2D eigenvalue weighted by Crippen LogP contribution is 2.08. The molecular formula is C21H42N8O6. The zero-order chi connectivity index (χ0) is 27.0. The zero-order valence-electron chi connectivity index (χ0n) is 20.5. The minimum absolute atomic E-state index is 0.00415. The molecule has 14 heteroatoms. The molecule has 0 aliphatic rings. The largest absolute Gasteiger partial charge is 0.480 e. The molecule has 35 heavy (non-hydrogen) atoms. The monoisotopic (exact) mass is 502 g/mol. The lowest BCUT2D eigenvalue weighted by Crippen LogP contribution is -2.57. The summed E-state index contributed by atoms with van der Waals surface area (Å²) in [5.74, 6) is -3.37. The maximum Gasteiger partial charge on any atom is 0.326 e. The summed E-state index contributed by atoms with van der Waals surface area (Å²) in [6, 6.07) is -4.49. The predicted molar refractivity (Wildman–Crippen MR) is 131 cm³/mol. The van der Waals surface area contributed by atoms with E-state index in [4.69, 9.17) is 28.0 Å². The Balaban J connectivity index is 5.55. The minimum Gasteiger partial charge on any atom is -0.480 e. The van der Waals surface area contributed by atoms with Crippen molar-refractivity contribution in [2.75, 3.05) is 19.7 Å². The second-order valence-corrected chi connectivity index (χ2v) is 8.67. The molecule has 13 N–H and O–H groups in total. The molecule has 0 bridgehead atoms. The number of aliphatic hydroxyl groups is 1. The lowest BCUT2D eigenvalue weighted by atomic mass is 10.0. The van der Waals surface area contributed by atoms with Crippen LogP contribution in [0.2, 0.25) is 0 Å². The molecule has 0 aromatic carbocycles. The average Bonchev–Trinajstić information content (AvgIpc) is 2.78. The quantitative estimate of drug-likeness (QED) is 0.0523. The third-order valence-corrected chi connectivity index (χ3v) is 5.01. The Kier molecular flexibility index (Phi) is 16.0. The van der Waals surface area contributed by atoms with Crippen LogP contribution < -0.4 is 38.9 Å². The maximum absolute atomic E-state index is 13.0. The van der Waals surface area contributed by atoms with E-state index >= 15 is 0 Å². The smallest absolute Gasteiger partial charge is 0.326 e. The van der Waals surface area contributed by atoms with Gasteiger partial charge in [-0.25, -0.2) is 4.79 Å². The van der Waals surface area contributed by atoms with E-state index in [0.717, 1.165) is 0 Å². The second-order valence-electron chi connectivity index (χ2n) is 8.67. The van der Waals surface area contributed by atoms with Gasteiger partial charge in [-0.1, -0.05) is 13.8 Å². The Labute approximate surface area is 205 Å². The number of guanidine groups is 1. The summed E-state index contributed by atoms with van der Waals surface area (Å²) in [4.78, 5) is 53.5. The second kappa shape index (κ2) is 17.5. The van der Waals surface area contributed by atoms with Crippen LogP contribution in [-0.2, 0) is 19.2 Å². The van der Waals surface area contributed by atoms with E-state index in [9.17, 15) is 24.3 Å². The topological polar surface area (TPSA) is 261 Å². The van der Waals surface area contributed by atoms with Crippen molar-refractivity contribution in [3.05, 3.63) is 0 Å². The Morgan fingerprint density at radius 1 is 0.857 bits per heavy atom. The SMILES string of the molecule is CC(C)CC(NC(=O)C(N)CO)C(=O)NC(CCCN=C(N)N)C(=O)NC(CCCCN)C(=O)O. The number of carboxylic acid groups (broad SMARTS) is 1. The number of hydrogen-bond acceptors (Lipinski definition) is 8. The van der Waals surface area contributed by atoms with Gasteiger partial charge in [0, 0.05) is 6.54 Å². The van der Waals surface area contributed by atoms with E-state index in [2.05, 4.69) is 20.9 Å². The van der Waals surface area contributed by atoms with Crippen LogP contribution in [-0.4, -0.2) is 83.7 Å². The molecule has 202 valence electrons. The van der Waals surface area contributed by atoms with Crippen molar-refractivity contribution >= 4 is 29.7 Å². The number of unbranched alkanes of at least 4 members (excludes halogenated alkanes) is 1. The molecule has 0 aliphatic heterocycles. The van der Waals surface area contributed by atoms with Gasteiger partial charge in [-0.2, -0.15) is 0 Å². The van der Waals surface area contributed by atoms with Crippen LogP contribution in [0.4, 0.5) is 0 Å². The third-order valence-electron chi connectivity index (χ3n) is 5.01. The van der Waals surface area contributed by atoms with Gasteiger partial charge < -0.3 is 49.1 Å². The van der Waals surface area contributed by atoms with E-state index in [1.165, 1.54) is 0 Å². The lowest BCUT2D eigenvalue weighted by Gasteiger charge is -2.26. The number of nitrogens with zero attached hydrogens (tertiary/aromatic N) is 1. The molecule has 0 radical (unpaired) electrons. The first-order valence-corrected chi connectivity index (χ1v) is 11.7. The summed E-state index contributed by atoms with van der Waals surface area (Å²) in [6.45, 7) is 3.68. The van der Waals surface area contributed by atoms with Crippen molar-refractivity contribution in [2.24, 2.45) is 33.8 Å². The number of aliphatic imine (C=N–C) groups is 1. The number of aliphatic hydroxyl groups excluding tert-OH is 1. The number of nitrogens with two attached hydrogens (primary N) is 4. The number of rotatable bonds is 18. The Hall–Kier alpha value is -2.97. The van der Waals surface area contributed by atoms with Crippen molar-refractivity contribution in [2.45, 2.75) is 76.5 Å². The van der Waals surface area contributed by atoms with E-state index < -0.39 is 54.5 Å². The number of aliphatic carboxylic acids is 1. The predicted octanol–water partition coefficient (Wildman–Crippen LogP) is -2.93. The van der Waals surface area contributed by atoms with Gasteiger partial charge >= 0.3 is 5.97 Å². The van der Waals surface area contributed by atoms with Gasteiger partial charge in [0.2, 0.25) is 17.7 Å². The van der Waals surface area contributed by atoms with Gasteiger partial charge in [0.25, 0.3) is 0 Å². The molecular weight excluding hydrogens is 460 g/mol. The summed E-state index contributed by atoms with van der Waals surface area (Å²) >= 11 is 0. The van der Waals surface area contributed by atoms with Crippen LogP contribution in [0.3, 0.4) is 0 Å². The molecule has 0 spiro atoms. The van der Waals surface area contributed by atoms with Gasteiger partial charge in [0.05, 0.1) is 6.61 Å². The maximum atomic E-state index is 13.0. The number of nitrogens with one attached hydrogen (secondary N) is 3. The standard InChI is InChI=1S/C21H42N8O6/c1-12(2)10-16(29-17(31)13(23)11-30)19(33)27-14(7-5-9-26-21(24)25)18(32)28-15(20(34)35)6-3-4-8-22/h12-16,30H,3-11,22-23H2,1-2H3,(H,27,33)(H,28,32)(H,29,31)(H,34,35)(H4,24,25,26). The molecule has 0 aromatic rings. The number of carbonyl (C=O) groups is 4. The average molecular weight is 503 g/mol. The van der Waals surface area contributed by atoms with Crippen LogP contribution in [0, 0.1) is 5.92 Å². The van der Waals surface area contributed by atoms with Crippen LogP contribution in [0.5, 0.6) is 0 Å². The zero-order valence-corrected chi connectivity index (χ0v) is 20.5. The third kappa shape index (κ3) is 14.1. The number of carboxylic acids is 1. The fourth-order valence-electron chi connectivity index (χ4n) is 3.13. The molecule has 0 heterocycles. The summed E-state index contributed by atoms with van der Waals surface area (Å²) in [7, 11) is 0. The molecule has 0 rings (SSSR count). The summed E-state index contributed by atoms with van der Waals surface area (Å²) in [5.41, 5.74) is 21.6. The van der Waals surface area contributed by atoms with Crippen LogP contribution in [0.25, 0.3) is 0 Å².